The minimum atomic E-state index is -0.993. The fourth-order valence-electron chi connectivity index (χ4n) is 5.32. The molecule has 0 bridgehead atoms. The van der Waals surface area contributed by atoms with Crippen molar-refractivity contribution < 1.29 is 9.90 Å². The van der Waals surface area contributed by atoms with Crippen molar-refractivity contribution in [2.75, 3.05) is 24.5 Å². The molecule has 2 N–H and O–H groups in total. The normalized spacial score (nSPS) is 18.9. The molecule has 3 atom stereocenters. The van der Waals surface area contributed by atoms with Gasteiger partial charge >= 0.3 is 5.97 Å². The van der Waals surface area contributed by atoms with Gasteiger partial charge in [0.05, 0.1) is 0 Å². The molecule has 1 fully saturated rings. The number of hydrogen-bond acceptors (Lipinski definition) is 4. The van der Waals surface area contributed by atoms with E-state index in [1.165, 1.54) is 21.9 Å². The molecule has 0 amide bonds. The Hall–Kier alpha value is -3.70. The third-order valence-electron chi connectivity index (χ3n) is 7.24. The second-order valence-electron chi connectivity index (χ2n) is 9.40. The zero-order valence-corrected chi connectivity index (χ0v) is 20.0. The van der Waals surface area contributed by atoms with Gasteiger partial charge in [-0.1, -0.05) is 78.9 Å². The first-order valence-electron chi connectivity index (χ1n) is 12.3. The molecular formula is C30H31N3O2. The van der Waals surface area contributed by atoms with Gasteiger partial charge in [-0.25, -0.2) is 9.78 Å². The molecule has 5 rings (SSSR count). The van der Waals surface area contributed by atoms with Crippen molar-refractivity contribution in [3.63, 3.8) is 0 Å². The van der Waals surface area contributed by atoms with Gasteiger partial charge in [-0.2, -0.15) is 0 Å². The minimum absolute atomic E-state index is 0.0893. The number of hydrogen-bond donors (Lipinski definition) is 2. The van der Waals surface area contributed by atoms with Crippen molar-refractivity contribution in [1.29, 1.82) is 0 Å². The van der Waals surface area contributed by atoms with Crippen LogP contribution in [0.15, 0.2) is 91.0 Å². The molecule has 4 aromatic rings. The van der Waals surface area contributed by atoms with Gasteiger partial charge in [0.2, 0.25) is 0 Å². The fraction of sp³-hybridized carbons (Fsp3) is 0.267. The number of fused-ring (bicyclic) bond motifs is 1. The standard InChI is InChI=1S/C30H31N3O2/c1-21(25-14-7-12-22-11-5-6-13-26(22)25)31-19-24-17-18-33(20-27(24)23-9-3-2-4-10-23)29-16-8-15-28(32-29)30(34)35/h2-16,21,24,27,31H,17-20H2,1H3,(H,34,35)/t21-,24?,27?/m1/s1. The lowest BCUT2D eigenvalue weighted by Crippen LogP contribution is -2.43. The largest absolute Gasteiger partial charge is 0.477 e. The number of carboxylic acid groups (broad SMARTS) is 1. The predicted molar refractivity (Wildman–Crippen MR) is 141 cm³/mol. The van der Waals surface area contributed by atoms with Crippen molar-refractivity contribution in [2.45, 2.75) is 25.3 Å². The first kappa shape index (κ1) is 23.1. The van der Waals surface area contributed by atoms with Crippen molar-refractivity contribution in [2.24, 2.45) is 5.92 Å². The van der Waals surface area contributed by atoms with Crippen LogP contribution in [0.25, 0.3) is 10.8 Å². The molecule has 178 valence electrons. The Morgan fingerprint density at radius 2 is 1.74 bits per heavy atom. The van der Waals surface area contributed by atoms with Gasteiger partial charge in [-0.15, -0.1) is 0 Å². The van der Waals surface area contributed by atoms with Gasteiger partial charge in [0.25, 0.3) is 0 Å². The van der Waals surface area contributed by atoms with E-state index in [2.05, 4.69) is 94.9 Å². The lowest BCUT2D eigenvalue weighted by Gasteiger charge is -2.40. The van der Waals surface area contributed by atoms with Crippen molar-refractivity contribution in [1.82, 2.24) is 10.3 Å². The number of rotatable bonds is 7. The molecule has 0 aliphatic carbocycles. The van der Waals surface area contributed by atoms with Gasteiger partial charge in [-0.3, -0.25) is 0 Å². The molecule has 1 aliphatic heterocycles. The zero-order valence-electron chi connectivity index (χ0n) is 20.0. The van der Waals surface area contributed by atoms with Crippen LogP contribution in [-0.2, 0) is 0 Å². The Balaban J connectivity index is 1.35. The van der Waals surface area contributed by atoms with Crippen LogP contribution in [-0.4, -0.2) is 35.7 Å². The summed E-state index contributed by atoms with van der Waals surface area (Å²) in [6, 6.07) is 31.2. The average molecular weight is 466 g/mol. The van der Waals surface area contributed by atoms with Gasteiger partial charge < -0.3 is 15.3 Å². The summed E-state index contributed by atoms with van der Waals surface area (Å²) in [5.41, 5.74) is 2.73. The summed E-state index contributed by atoms with van der Waals surface area (Å²) >= 11 is 0. The molecule has 5 heteroatoms. The van der Waals surface area contributed by atoms with E-state index in [9.17, 15) is 9.90 Å². The Kier molecular flexibility index (Phi) is 6.77. The maximum atomic E-state index is 11.4. The van der Waals surface area contributed by atoms with E-state index in [1.807, 2.05) is 6.07 Å². The SMILES string of the molecule is C[C@@H](NCC1CCN(c2cccc(C(=O)O)n2)CC1c1ccccc1)c1cccc2ccccc12. The fourth-order valence-corrected chi connectivity index (χ4v) is 5.32. The van der Waals surface area contributed by atoms with Crippen LogP contribution < -0.4 is 10.2 Å². The maximum absolute atomic E-state index is 11.4. The summed E-state index contributed by atoms with van der Waals surface area (Å²) in [6.45, 7) is 4.83. The van der Waals surface area contributed by atoms with Gasteiger partial charge in [0.1, 0.15) is 5.82 Å². The van der Waals surface area contributed by atoms with Crippen LogP contribution in [0.2, 0.25) is 0 Å². The van der Waals surface area contributed by atoms with Crippen molar-refractivity contribution in [3.05, 3.63) is 108 Å². The number of carbonyl (C=O) groups is 1. The third kappa shape index (κ3) is 5.05. The lowest BCUT2D eigenvalue weighted by molar-refractivity contribution is 0.0690. The smallest absolute Gasteiger partial charge is 0.354 e. The first-order chi connectivity index (χ1) is 17.1. The molecule has 2 heterocycles. The molecule has 35 heavy (non-hydrogen) atoms. The molecule has 1 saturated heterocycles. The Bertz CT molecular complexity index is 1300. The van der Waals surface area contributed by atoms with E-state index < -0.39 is 5.97 Å². The summed E-state index contributed by atoms with van der Waals surface area (Å²) in [5.74, 6) is 0.538. The highest BCUT2D eigenvalue weighted by atomic mass is 16.4. The van der Waals surface area contributed by atoms with E-state index in [0.717, 1.165) is 31.9 Å². The van der Waals surface area contributed by atoms with Crippen LogP contribution in [0.3, 0.4) is 0 Å². The van der Waals surface area contributed by atoms with E-state index in [4.69, 9.17) is 0 Å². The second-order valence-corrected chi connectivity index (χ2v) is 9.40. The van der Waals surface area contributed by atoms with Crippen LogP contribution in [0.5, 0.6) is 0 Å². The summed E-state index contributed by atoms with van der Waals surface area (Å²) in [7, 11) is 0. The number of aromatic nitrogens is 1. The van der Waals surface area contributed by atoms with Crippen LogP contribution in [0.1, 0.15) is 46.9 Å². The monoisotopic (exact) mass is 465 g/mol. The Labute approximate surface area is 206 Å². The Morgan fingerprint density at radius 1 is 1.00 bits per heavy atom. The number of benzene rings is 3. The predicted octanol–water partition coefficient (Wildman–Crippen LogP) is 5.89. The quantitative estimate of drug-likeness (QED) is 0.356. The molecule has 2 unspecified atom stereocenters. The summed E-state index contributed by atoms with van der Waals surface area (Å²) in [6.07, 6.45) is 1.01. The van der Waals surface area contributed by atoms with Crippen LogP contribution in [0.4, 0.5) is 5.82 Å². The first-order valence-corrected chi connectivity index (χ1v) is 12.3. The Morgan fingerprint density at radius 3 is 2.57 bits per heavy atom. The van der Waals surface area contributed by atoms with Gasteiger partial charge in [-0.05, 0) is 59.8 Å². The number of piperidine rings is 1. The van der Waals surface area contributed by atoms with E-state index in [-0.39, 0.29) is 11.7 Å². The molecule has 0 radical (unpaired) electrons. The molecule has 0 spiro atoms. The van der Waals surface area contributed by atoms with Gasteiger partial charge in [0, 0.05) is 25.0 Å². The molecule has 3 aromatic carbocycles. The summed E-state index contributed by atoms with van der Waals surface area (Å²) in [4.78, 5) is 18.1. The molecule has 0 saturated carbocycles. The highest BCUT2D eigenvalue weighted by Gasteiger charge is 2.31. The number of aromatic carboxylic acids is 1. The topological polar surface area (TPSA) is 65.5 Å². The molecule has 1 aromatic heterocycles. The number of anilines is 1. The molecule has 5 nitrogen and oxygen atoms in total. The average Bonchev–Trinajstić information content (AvgIpc) is 2.92. The maximum Gasteiger partial charge on any atom is 0.354 e. The number of nitrogens with one attached hydrogen (secondary N) is 1. The van der Waals surface area contributed by atoms with Crippen molar-refractivity contribution in [3.8, 4) is 0 Å². The van der Waals surface area contributed by atoms with E-state index in [1.54, 1.807) is 12.1 Å². The van der Waals surface area contributed by atoms with E-state index >= 15 is 0 Å². The van der Waals surface area contributed by atoms with E-state index in [0.29, 0.717) is 11.8 Å². The van der Waals surface area contributed by atoms with Crippen molar-refractivity contribution >= 4 is 22.6 Å². The lowest BCUT2D eigenvalue weighted by atomic mass is 9.80. The van der Waals surface area contributed by atoms with Gasteiger partial charge in [0.15, 0.2) is 5.69 Å². The number of pyridine rings is 1. The summed E-state index contributed by atoms with van der Waals surface area (Å²) in [5, 5.41) is 15.8. The van der Waals surface area contributed by atoms with Crippen LogP contribution in [0, 0.1) is 5.92 Å². The highest BCUT2D eigenvalue weighted by molar-refractivity contribution is 5.86. The zero-order chi connectivity index (χ0) is 24.2. The highest BCUT2D eigenvalue weighted by Crippen LogP contribution is 2.34. The van der Waals surface area contributed by atoms with Crippen LogP contribution >= 0.6 is 0 Å². The minimum Gasteiger partial charge on any atom is -0.477 e. The molecular weight excluding hydrogens is 434 g/mol. The third-order valence-corrected chi connectivity index (χ3v) is 7.24. The second kappa shape index (κ2) is 10.3. The number of carboxylic acids is 1. The molecule has 1 aliphatic rings. The number of nitrogens with zero attached hydrogens (tertiary/aromatic N) is 2. The summed E-state index contributed by atoms with van der Waals surface area (Å²) < 4.78 is 0.